The average Bonchev–Trinajstić information content (AvgIpc) is 2.53. The first-order valence-corrected chi connectivity index (χ1v) is 9.26. The SMILES string of the molecule is CN1CCN(S(=O)(=O)N2CCN(C(=O)CCCN)CC2)CC1.Cl. The van der Waals surface area contributed by atoms with Crippen LogP contribution in [0.5, 0.6) is 0 Å². The maximum atomic E-state index is 12.6. The summed E-state index contributed by atoms with van der Waals surface area (Å²) in [6, 6.07) is 0. The Hall–Kier alpha value is -0.450. The largest absolute Gasteiger partial charge is 0.340 e. The van der Waals surface area contributed by atoms with Gasteiger partial charge in [0.25, 0.3) is 10.2 Å². The predicted molar refractivity (Wildman–Crippen MR) is 91.7 cm³/mol. The lowest BCUT2D eigenvalue weighted by Crippen LogP contribution is -2.57. The molecule has 10 heteroatoms. The van der Waals surface area contributed by atoms with Crippen molar-refractivity contribution >= 4 is 28.5 Å². The van der Waals surface area contributed by atoms with Gasteiger partial charge in [-0.25, -0.2) is 0 Å². The molecule has 8 nitrogen and oxygen atoms in total. The molecule has 2 heterocycles. The number of nitrogens with two attached hydrogens (primary N) is 1. The molecule has 0 atom stereocenters. The van der Waals surface area contributed by atoms with Crippen LogP contribution in [0.15, 0.2) is 0 Å². The Labute approximate surface area is 145 Å². The van der Waals surface area contributed by atoms with Crippen LogP contribution in [0.3, 0.4) is 0 Å². The number of nitrogens with zero attached hydrogens (tertiary/aromatic N) is 4. The molecule has 0 radical (unpaired) electrons. The molecule has 2 N–H and O–H groups in total. The van der Waals surface area contributed by atoms with Gasteiger partial charge in [0.15, 0.2) is 0 Å². The third-order valence-corrected chi connectivity index (χ3v) is 6.34. The molecule has 2 aliphatic rings. The highest BCUT2D eigenvalue weighted by atomic mass is 35.5. The van der Waals surface area contributed by atoms with Crippen molar-refractivity contribution in [3.63, 3.8) is 0 Å². The number of rotatable bonds is 5. The van der Waals surface area contributed by atoms with E-state index in [1.165, 1.54) is 4.31 Å². The molecule has 23 heavy (non-hydrogen) atoms. The van der Waals surface area contributed by atoms with Crippen molar-refractivity contribution in [1.29, 1.82) is 0 Å². The van der Waals surface area contributed by atoms with Crippen molar-refractivity contribution in [1.82, 2.24) is 18.4 Å². The first kappa shape index (κ1) is 20.6. The van der Waals surface area contributed by atoms with Gasteiger partial charge in [0, 0.05) is 58.8 Å². The summed E-state index contributed by atoms with van der Waals surface area (Å²) in [7, 11) is -1.40. The first-order valence-electron chi connectivity index (χ1n) is 7.87. The van der Waals surface area contributed by atoms with Crippen molar-refractivity contribution in [2.24, 2.45) is 5.73 Å². The zero-order valence-electron chi connectivity index (χ0n) is 13.7. The van der Waals surface area contributed by atoms with Gasteiger partial charge in [0.1, 0.15) is 0 Å². The molecule has 2 saturated heterocycles. The Balaban J connectivity index is 0.00000264. The van der Waals surface area contributed by atoms with Crippen LogP contribution in [0, 0.1) is 0 Å². The molecule has 1 amide bonds. The van der Waals surface area contributed by atoms with Crippen LogP contribution in [-0.2, 0) is 15.0 Å². The van der Waals surface area contributed by atoms with E-state index in [-0.39, 0.29) is 18.3 Å². The van der Waals surface area contributed by atoms with Gasteiger partial charge in [-0.2, -0.15) is 17.0 Å². The summed E-state index contributed by atoms with van der Waals surface area (Å²) in [6.07, 6.45) is 1.13. The predicted octanol–water partition coefficient (Wildman–Crippen LogP) is -1.22. The summed E-state index contributed by atoms with van der Waals surface area (Å²) in [4.78, 5) is 15.8. The van der Waals surface area contributed by atoms with Crippen LogP contribution in [0.2, 0.25) is 0 Å². The standard InChI is InChI=1S/C13H27N5O3S.ClH/c1-15-5-9-17(10-6-15)22(20,21)18-11-7-16(8-12-18)13(19)3-2-4-14;/h2-12,14H2,1H3;1H. The van der Waals surface area contributed by atoms with Gasteiger partial charge in [-0.1, -0.05) is 0 Å². The second-order valence-corrected chi connectivity index (χ2v) is 7.81. The fourth-order valence-corrected chi connectivity index (χ4v) is 4.34. The Morgan fingerprint density at radius 1 is 0.957 bits per heavy atom. The van der Waals surface area contributed by atoms with E-state index in [1.54, 1.807) is 9.21 Å². The summed E-state index contributed by atoms with van der Waals surface area (Å²) >= 11 is 0. The van der Waals surface area contributed by atoms with E-state index in [0.717, 1.165) is 13.1 Å². The van der Waals surface area contributed by atoms with Gasteiger partial charge in [-0.3, -0.25) is 4.79 Å². The summed E-state index contributed by atoms with van der Waals surface area (Å²) in [5, 5.41) is 0. The number of hydrogen-bond donors (Lipinski definition) is 1. The van der Waals surface area contributed by atoms with E-state index in [0.29, 0.717) is 58.7 Å². The minimum absolute atomic E-state index is 0. The molecule has 0 bridgehead atoms. The Morgan fingerprint density at radius 2 is 1.43 bits per heavy atom. The van der Waals surface area contributed by atoms with Gasteiger partial charge in [0.05, 0.1) is 0 Å². The Kier molecular flexibility index (Phi) is 8.19. The number of amides is 1. The Bertz CT molecular complexity index is 474. The fraction of sp³-hybridized carbons (Fsp3) is 0.923. The molecular weight excluding hydrogens is 342 g/mol. The van der Waals surface area contributed by atoms with Gasteiger partial charge in [-0.15, -0.1) is 12.4 Å². The molecule has 136 valence electrons. The van der Waals surface area contributed by atoms with Crippen LogP contribution < -0.4 is 5.73 Å². The Morgan fingerprint density at radius 3 is 1.91 bits per heavy atom. The maximum Gasteiger partial charge on any atom is 0.282 e. The van der Waals surface area contributed by atoms with Gasteiger partial charge in [-0.05, 0) is 20.0 Å². The molecular formula is C13H28ClN5O3S. The minimum atomic E-state index is -3.39. The number of carbonyl (C=O) groups is 1. The molecule has 0 aromatic carbocycles. The number of halogens is 1. The zero-order chi connectivity index (χ0) is 16.2. The zero-order valence-corrected chi connectivity index (χ0v) is 15.3. The van der Waals surface area contributed by atoms with Gasteiger partial charge < -0.3 is 15.5 Å². The van der Waals surface area contributed by atoms with E-state index >= 15 is 0 Å². The van der Waals surface area contributed by atoms with E-state index in [9.17, 15) is 13.2 Å². The molecule has 0 aliphatic carbocycles. The van der Waals surface area contributed by atoms with Gasteiger partial charge in [0.2, 0.25) is 5.91 Å². The first-order chi connectivity index (χ1) is 10.4. The van der Waals surface area contributed by atoms with Crippen LogP contribution in [0.4, 0.5) is 0 Å². The lowest BCUT2D eigenvalue weighted by Gasteiger charge is -2.39. The summed E-state index contributed by atoms with van der Waals surface area (Å²) in [5.41, 5.74) is 5.41. The molecule has 2 rings (SSSR count). The molecule has 0 spiro atoms. The van der Waals surface area contributed by atoms with Crippen molar-refractivity contribution in [2.45, 2.75) is 12.8 Å². The van der Waals surface area contributed by atoms with Crippen LogP contribution in [0.25, 0.3) is 0 Å². The molecule has 0 saturated carbocycles. The molecule has 0 unspecified atom stereocenters. The van der Waals surface area contributed by atoms with Crippen molar-refractivity contribution < 1.29 is 13.2 Å². The second-order valence-electron chi connectivity index (χ2n) is 5.88. The lowest BCUT2D eigenvalue weighted by atomic mass is 10.2. The highest BCUT2D eigenvalue weighted by Gasteiger charge is 2.34. The molecule has 2 fully saturated rings. The maximum absolute atomic E-state index is 12.6. The van der Waals surface area contributed by atoms with E-state index < -0.39 is 10.2 Å². The third kappa shape index (κ3) is 5.27. The molecule has 0 aromatic rings. The normalized spacial score (nSPS) is 21.9. The van der Waals surface area contributed by atoms with Crippen LogP contribution >= 0.6 is 12.4 Å². The quantitative estimate of drug-likeness (QED) is 0.656. The molecule has 2 aliphatic heterocycles. The van der Waals surface area contributed by atoms with Crippen molar-refractivity contribution in [3.05, 3.63) is 0 Å². The topological polar surface area (TPSA) is 90.2 Å². The average molecular weight is 370 g/mol. The lowest BCUT2D eigenvalue weighted by molar-refractivity contribution is -0.132. The summed E-state index contributed by atoms with van der Waals surface area (Å²) < 4.78 is 28.3. The fourth-order valence-electron chi connectivity index (χ4n) is 2.76. The number of carbonyl (C=O) groups excluding carboxylic acids is 1. The van der Waals surface area contributed by atoms with E-state index in [4.69, 9.17) is 5.73 Å². The smallest absolute Gasteiger partial charge is 0.282 e. The van der Waals surface area contributed by atoms with Gasteiger partial charge >= 0.3 is 0 Å². The summed E-state index contributed by atoms with van der Waals surface area (Å²) in [5.74, 6) is 0.0714. The van der Waals surface area contributed by atoms with Crippen molar-refractivity contribution in [3.8, 4) is 0 Å². The van der Waals surface area contributed by atoms with Crippen LogP contribution in [-0.4, -0.2) is 98.7 Å². The second kappa shape index (κ2) is 9.14. The number of hydrogen-bond acceptors (Lipinski definition) is 5. The monoisotopic (exact) mass is 369 g/mol. The van der Waals surface area contributed by atoms with Crippen molar-refractivity contribution in [2.75, 3.05) is 66.0 Å². The van der Waals surface area contributed by atoms with E-state index in [2.05, 4.69) is 4.90 Å². The molecule has 0 aromatic heterocycles. The highest BCUT2D eigenvalue weighted by molar-refractivity contribution is 7.86. The summed E-state index contributed by atoms with van der Waals surface area (Å²) in [6.45, 7) is 4.79. The number of likely N-dealkylation sites (N-methyl/N-ethyl adjacent to an activating group) is 1. The number of piperazine rings is 2. The third-order valence-electron chi connectivity index (χ3n) is 4.30. The van der Waals surface area contributed by atoms with Crippen LogP contribution in [0.1, 0.15) is 12.8 Å². The highest BCUT2D eigenvalue weighted by Crippen LogP contribution is 2.15. The van der Waals surface area contributed by atoms with E-state index in [1.807, 2.05) is 7.05 Å². The minimum Gasteiger partial charge on any atom is -0.340 e.